The summed E-state index contributed by atoms with van der Waals surface area (Å²) in [6.07, 6.45) is 3.33. The molecule has 0 unspecified atom stereocenters. The van der Waals surface area contributed by atoms with E-state index < -0.39 is 0 Å². The molecule has 0 atom stereocenters. The fraction of sp³-hybridized carbons (Fsp3) is 0.0625. The first-order chi connectivity index (χ1) is 9.66. The lowest BCUT2D eigenvalue weighted by molar-refractivity contribution is 0.103. The number of anilines is 1. The zero-order chi connectivity index (χ0) is 14.1. The number of aryl methyl sites for hydroxylation is 1. The van der Waals surface area contributed by atoms with Gasteiger partial charge < -0.3 is 5.73 Å². The minimum Gasteiger partial charge on any atom is -0.383 e. The number of fused-ring (bicyclic) bond motifs is 1. The van der Waals surface area contributed by atoms with E-state index in [2.05, 4.69) is 9.97 Å². The van der Waals surface area contributed by atoms with Crippen molar-refractivity contribution >= 4 is 22.5 Å². The van der Waals surface area contributed by atoms with Crippen molar-refractivity contribution in [3.05, 3.63) is 65.5 Å². The van der Waals surface area contributed by atoms with Crippen molar-refractivity contribution in [3.63, 3.8) is 0 Å². The molecule has 0 saturated carbocycles. The summed E-state index contributed by atoms with van der Waals surface area (Å²) in [7, 11) is 0. The molecule has 2 N–H and O–H groups in total. The average Bonchev–Trinajstić information content (AvgIpc) is 2.46. The molecular formula is C16H13N3O. The number of carbonyl (C=O) groups is 1. The fourth-order valence-electron chi connectivity index (χ4n) is 2.24. The smallest absolute Gasteiger partial charge is 0.197 e. The molecule has 0 aliphatic carbocycles. The lowest BCUT2D eigenvalue weighted by Gasteiger charge is -2.08. The molecule has 0 amide bonds. The van der Waals surface area contributed by atoms with E-state index in [0.29, 0.717) is 11.1 Å². The van der Waals surface area contributed by atoms with Gasteiger partial charge in [-0.3, -0.25) is 9.78 Å². The molecule has 0 fully saturated rings. The van der Waals surface area contributed by atoms with Gasteiger partial charge in [-0.2, -0.15) is 0 Å². The van der Waals surface area contributed by atoms with Crippen molar-refractivity contribution < 1.29 is 4.79 Å². The summed E-state index contributed by atoms with van der Waals surface area (Å²) in [6, 6.07) is 11.0. The Kier molecular flexibility index (Phi) is 2.91. The van der Waals surface area contributed by atoms with Gasteiger partial charge in [0.1, 0.15) is 5.82 Å². The summed E-state index contributed by atoms with van der Waals surface area (Å²) in [5, 5.41) is 0.929. The number of carbonyl (C=O) groups excluding carboxylic acids is 1. The fourth-order valence-corrected chi connectivity index (χ4v) is 2.24. The molecule has 0 saturated heterocycles. The number of pyridine rings is 2. The van der Waals surface area contributed by atoms with Crippen LogP contribution in [0.5, 0.6) is 0 Å². The van der Waals surface area contributed by atoms with Gasteiger partial charge in [0.25, 0.3) is 0 Å². The van der Waals surface area contributed by atoms with Gasteiger partial charge in [-0.25, -0.2) is 4.98 Å². The second-order valence-electron chi connectivity index (χ2n) is 4.63. The van der Waals surface area contributed by atoms with Gasteiger partial charge in [-0.15, -0.1) is 0 Å². The van der Waals surface area contributed by atoms with E-state index >= 15 is 0 Å². The SMILES string of the molecule is Cc1ccnc(N)c1C(=O)c1ccc2ncccc2c1. The molecule has 20 heavy (non-hydrogen) atoms. The molecule has 4 heteroatoms. The number of benzene rings is 1. The van der Waals surface area contributed by atoms with Crippen LogP contribution in [-0.4, -0.2) is 15.8 Å². The minimum absolute atomic E-state index is 0.112. The highest BCUT2D eigenvalue weighted by atomic mass is 16.1. The van der Waals surface area contributed by atoms with Gasteiger partial charge in [-0.1, -0.05) is 6.07 Å². The van der Waals surface area contributed by atoms with Crippen LogP contribution in [0, 0.1) is 6.92 Å². The molecule has 2 heterocycles. The van der Waals surface area contributed by atoms with Crippen LogP contribution in [-0.2, 0) is 0 Å². The van der Waals surface area contributed by atoms with E-state index in [1.807, 2.05) is 31.2 Å². The monoisotopic (exact) mass is 263 g/mol. The number of ketones is 1. The van der Waals surface area contributed by atoms with Crippen LogP contribution < -0.4 is 5.73 Å². The maximum absolute atomic E-state index is 12.6. The third-order valence-corrected chi connectivity index (χ3v) is 3.28. The standard InChI is InChI=1S/C16H13N3O/c1-10-6-8-19-16(17)14(10)15(20)12-4-5-13-11(9-12)3-2-7-18-13/h2-9H,1H3,(H2,17,19). The molecule has 0 radical (unpaired) electrons. The quantitative estimate of drug-likeness (QED) is 0.722. The van der Waals surface area contributed by atoms with E-state index in [0.717, 1.165) is 16.5 Å². The van der Waals surface area contributed by atoms with Crippen molar-refractivity contribution in [2.24, 2.45) is 0 Å². The van der Waals surface area contributed by atoms with Crippen LogP contribution in [0.2, 0.25) is 0 Å². The van der Waals surface area contributed by atoms with Gasteiger partial charge in [-0.05, 0) is 42.8 Å². The molecule has 0 bridgehead atoms. The number of hydrogen-bond acceptors (Lipinski definition) is 4. The van der Waals surface area contributed by atoms with Crippen LogP contribution in [0.4, 0.5) is 5.82 Å². The Hall–Kier alpha value is -2.75. The Bertz CT molecular complexity index is 791. The Morgan fingerprint density at radius 2 is 1.95 bits per heavy atom. The number of nitrogens with zero attached hydrogens (tertiary/aromatic N) is 2. The zero-order valence-corrected chi connectivity index (χ0v) is 11.0. The molecule has 98 valence electrons. The highest BCUT2D eigenvalue weighted by Crippen LogP contribution is 2.21. The van der Waals surface area contributed by atoms with Gasteiger partial charge in [0.05, 0.1) is 11.1 Å². The molecule has 3 aromatic rings. The van der Waals surface area contributed by atoms with Crippen molar-refractivity contribution in [3.8, 4) is 0 Å². The van der Waals surface area contributed by atoms with Crippen LogP contribution in [0.1, 0.15) is 21.5 Å². The Balaban J connectivity index is 2.13. The largest absolute Gasteiger partial charge is 0.383 e. The Morgan fingerprint density at radius 1 is 1.10 bits per heavy atom. The summed E-state index contributed by atoms with van der Waals surface area (Å²) in [6.45, 7) is 1.86. The predicted molar refractivity (Wildman–Crippen MR) is 78.6 cm³/mol. The van der Waals surface area contributed by atoms with E-state index in [1.165, 1.54) is 0 Å². The topological polar surface area (TPSA) is 68.9 Å². The van der Waals surface area contributed by atoms with Gasteiger partial charge in [0, 0.05) is 23.3 Å². The van der Waals surface area contributed by atoms with E-state index in [9.17, 15) is 4.79 Å². The second kappa shape index (κ2) is 4.74. The van der Waals surface area contributed by atoms with Crippen LogP contribution in [0.25, 0.3) is 10.9 Å². The first kappa shape index (κ1) is 12.3. The highest BCUT2D eigenvalue weighted by Gasteiger charge is 2.16. The van der Waals surface area contributed by atoms with Gasteiger partial charge in [0.2, 0.25) is 0 Å². The van der Waals surface area contributed by atoms with Crippen molar-refractivity contribution in [2.45, 2.75) is 6.92 Å². The number of rotatable bonds is 2. The van der Waals surface area contributed by atoms with Crippen LogP contribution in [0.15, 0.2) is 48.8 Å². The summed E-state index contributed by atoms with van der Waals surface area (Å²) < 4.78 is 0. The van der Waals surface area contributed by atoms with E-state index in [1.54, 1.807) is 24.5 Å². The van der Waals surface area contributed by atoms with Crippen LogP contribution in [0.3, 0.4) is 0 Å². The predicted octanol–water partition coefficient (Wildman–Crippen LogP) is 2.75. The molecule has 4 nitrogen and oxygen atoms in total. The number of nitrogen functional groups attached to an aromatic ring is 1. The van der Waals surface area contributed by atoms with Crippen molar-refractivity contribution in [1.29, 1.82) is 0 Å². The third-order valence-electron chi connectivity index (χ3n) is 3.28. The minimum atomic E-state index is -0.112. The normalized spacial score (nSPS) is 10.7. The lowest BCUT2D eigenvalue weighted by Crippen LogP contribution is -2.09. The number of aromatic nitrogens is 2. The van der Waals surface area contributed by atoms with Crippen molar-refractivity contribution in [1.82, 2.24) is 9.97 Å². The third kappa shape index (κ3) is 2.01. The van der Waals surface area contributed by atoms with Gasteiger partial charge in [0.15, 0.2) is 5.78 Å². The maximum atomic E-state index is 12.6. The number of hydrogen-bond donors (Lipinski definition) is 1. The zero-order valence-electron chi connectivity index (χ0n) is 11.0. The first-order valence-corrected chi connectivity index (χ1v) is 6.27. The van der Waals surface area contributed by atoms with E-state index in [-0.39, 0.29) is 11.6 Å². The average molecular weight is 263 g/mol. The van der Waals surface area contributed by atoms with Gasteiger partial charge >= 0.3 is 0 Å². The van der Waals surface area contributed by atoms with E-state index in [4.69, 9.17) is 5.73 Å². The maximum Gasteiger partial charge on any atom is 0.197 e. The Labute approximate surface area is 116 Å². The van der Waals surface area contributed by atoms with Crippen LogP contribution >= 0.6 is 0 Å². The Morgan fingerprint density at radius 3 is 2.75 bits per heavy atom. The lowest BCUT2D eigenvalue weighted by atomic mass is 9.99. The first-order valence-electron chi connectivity index (χ1n) is 6.27. The molecule has 0 spiro atoms. The molecule has 0 aliphatic rings. The summed E-state index contributed by atoms with van der Waals surface area (Å²) in [5.41, 5.74) is 8.58. The molecule has 3 rings (SSSR count). The molecular weight excluding hydrogens is 250 g/mol. The van der Waals surface area contributed by atoms with Crippen molar-refractivity contribution in [2.75, 3.05) is 5.73 Å². The second-order valence-corrected chi connectivity index (χ2v) is 4.63. The molecule has 0 aliphatic heterocycles. The summed E-state index contributed by atoms with van der Waals surface area (Å²) >= 11 is 0. The highest BCUT2D eigenvalue weighted by molar-refractivity contribution is 6.13. The summed E-state index contributed by atoms with van der Waals surface area (Å²) in [4.78, 5) is 20.8. The summed E-state index contributed by atoms with van der Waals surface area (Å²) in [5.74, 6) is 0.153. The number of nitrogens with two attached hydrogens (primary N) is 1. The molecule has 1 aromatic carbocycles. The molecule has 2 aromatic heterocycles.